The lowest BCUT2D eigenvalue weighted by molar-refractivity contribution is -0.154. The third kappa shape index (κ3) is 45.9. The minimum atomic E-state index is -4.62. The van der Waals surface area contributed by atoms with Crippen molar-refractivity contribution in [2.75, 3.05) is 26.4 Å². The first-order chi connectivity index (χ1) is 30.2. The molecule has 3 atom stereocenters. The first-order valence-electron chi connectivity index (χ1n) is 25.2. The quantitative estimate of drug-likeness (QED) is 0.0233. The highest BCUT2D eigenvalue weighted by molar-refractivity contribution is 7.47. The largest absolute Gasteiger partial charge is 0.480 e. The van der Waals surface area contributed by atoms with E-state index in [1.54, 1.807) is 0 Å². The average Bonchev–Trinajstić information content (AvgIpc) is 3.25. The highest BCUT2D eigenvalue weighted by Gasteiger charge is 2.27. The molecule has 0 aliphatic carbocycles. The van der Waals surface area contributed by atoms with Crippen LogP contribution in [0.2, 0.25) is 0 Å². The molecule has 0 saturated carbocycles. The minimum absolute atomic E-state index is 0.0143. The van der Waals surface area contributed by atoms with Crippen molar-refractivity contribution in [3.8, 4) is 0 Å². The van der Waals surface area contributed by atoms with E-state index in [0.717, 1.165) is 64.2 Å². The number of nitrogens with two attached hydrogens (primary N) is 1. The molecule has 0 radical (unpaired) electrons. The summed E-state index contributed by atoms with van der Waals surface area (Å²) in [5, 5.41) is 8.93. The van der Waals surface area contributed by atoms with E-state index >= 15 is 0 Å². The van der Waals surface area contributed by atoms with Crippen LogP contribution in [0.1, 0.15) is 226 Å². The highest BCUT2D eigenvalue weighted by Crippen LogP contribution is 2.43. The van der Waals surface area contributed by atoms with Crippen LogP contribution in [0, 0.1) is 0 Å². The van der Waals surface area contributed by atoms with Gasteiger partial charge in [0.05, 0.1) is 19.8 Å². The summed E-state index contributed by atoms with van der Waals surface area (Å²) in [4.78, 5) is 33.7. The van der Waals surface area contributed by atoms with Crippen LogP contribution in [0.15, 0.2) is 48.6 Å². The van der Waals surface area contributed by atoms with Gasteiger partial charge in [-0.05, 0) is 51.4 Å². The van der Waals surface area contributed by atoms with Crippen LogP contribution in [0.3, 0.4) is 0 Å². The van der Waals surface area contributed by atoms with Gasteiger partial charge in [-0.2, -0.15) is 0 Å². The maximum absolute atomic E-state index is 12.7. The molecule has 0 rings (SSSR count). The Morgan fingerprint density at radius 3 is 1.40 bits per heavy atom. The molecule has 0 aromatic carbocycles. The predicted octanol–water partition coefficient (Wildman–Crippen LogP) is 14.6. The smallest absolute Gasteiger partial charge is 0.472 e. The number of aliphatic carboxylic acids is 1. The van der Waals surface area contributed by atoms with E-state index in [1.165, 1.54) is 135 Å². The standard InChI is InChI=1S/C51H94NO9P/c1-3-5-7-9-11-13-15-17-19-21-23-24-25-26-28-30-32-34-36-38-40-42-44-58-45-48(46-59-62(56,57)60-47-49(52)51(54)55)61-50(53)43-41-39-37-35-33-31-29-27-22-20-18-16-14-12-10-8-6-4-2/h5,7,11,13,17,19,23-24,48-49H,3-4,6,8-10,12,14-16,18,20-22,25-47,52H2,1-2H3,(H,54,55)(H,56,57)/b7-5-,13-11-,19-17-,24-23-. The molecule has 0 amide bonds. The number of allylic oxidation sites excluding steroid dienone is 8. The SMILES string of the molecule is CC/C=C\C/C=C\C/C=C\C/C=C\CCCCCCCCCCCOCC(COP(=O)(O)OCC(N)C(=O)O)OC(=O)CCCCCCCCCCCCCCCCCCCC. The summed E-state index contributed by atoms with van der Waals surface area (Å²) in [6.07, 6.45) is 55.9. The Labute approximate surface area is 379 Å². The first kappa shape index (κ1) is 59.9. The van der Waals surface area contributed by atoms with E-state index in [1.807, 2.05) is 0 Å². The number of unbranched alkanes of at least 4 members (excludes halogenated alkanes) is 26. The third-order valence-electron chi connectivity index (χ3n) is 10.9. The van der Waals surface area contributed by atoms with Crippen LogP contribution in [-0.4, -0.2) is 60.5 Å². The van der Waals surface area contributed by atoms with Crippen molar-refractivity contribution in [1.82, 2.24) is 0 Å². The van der Waals surface area contributed by atoms with Gasteiger partial charge in [-0.1, -0.05) is 217 Å². The predicted molar refractivity (Wildman–Crippen MR) is 258 cm³/mol. The second-order valence-electron chi connectivity index (χ2n) is 16.9. The normalized spacial score (nSPS) is 14.1. The van der Waals surface area contributed by atoms with Crippen LogP contribution < -0.4 is 5.73 Å². The summed E-state index contributed by atoms with van der Waals surface area (Å²) in [5.41, 5.74) is 5.37. The molecular formula is C51H94NO9P. The fourth-order valence-electron chi connectivity index (χ4n) is 7.01. The zero-order valence-corrected chi connectivity index (χ0v) is 40.6. The van der Waals surface area contributed by atoms with Gasteiger partial charge in [0.25, 0.3) is 0 Å². The lowest BCUT2D eigenvalue weighted by atomic mass is 10.0. The summed E-state index contributed by atoms with van der Waals surface area (Å²) < 4.78 is 33.5. The van der Waals surface area contributed by atoms with Crippen LogP contribution in [0.25, 0.3) is 0 Å². The number of rotatable bonds is 48. The van der Waals surface area contributed by atoms with Gasteiger partial charge in [0.15, 0.2) is 0 Å². The Hall–Kier alpha value is -2.07. The number of phosphoric acid groups is 1. The first-order valence-corrected chi connectivity index (χ1v) is 26.7. The van der Waals surface area contributed by atoms with Crippen LogP contribution >= 0.6 is 7.82 Å². The fraction of sp³-hybridized carbons (Fsp3) is 0.804. The second kappa shape index (κ2) is 46.9. The van der Waals surface area contributed by atoms with Crippen LogP contribution in [0.4, 0.5) is 0 Å². The van der Waals surface area contributed by atoms with Gasteiger partial charge in [0.1, 0.15) is 12.1 Å². The summed E-state index contributed by atoms with van der Waals surface area (Å²) in [6, 6.07) is -1.47. The van der Waals surface area contributed by atoms with Gasteiger partial charge in [-0.3, -0.25) is 18.6 Å². The Bertz CT molecular complexity index is 1170. The molecule has 0 bridgehead atoms. The molecule has 4 N–H and O–H groups in total. The molecule has 362 valence electrons. The molecule has 0 aromatic rings. The number of ether oxygens (including phenoxy) is 2. The Balaban J connectivity index is 4.14. The minimum Gasteiger partial charge on any atom is -0.480 e. The molecule has 11 heteroatoms. The number of carbonyl (C=O) groups is 2. The van der Waals surface area contributed by atoms with E-state index in [9.17, 15) is 19.0 Å². The zero-order chi connectivity index (χ0) is 45.5. The van der Waals surface area contributed by atoms with Crippen molar-refractivity contribution in [3.63, 3.8) is 0 Å². The molecule has 0 aliphatic heterocycles. The Morgan fingerprint density at radius 1 is 0.532 bits per heavy atom. The summed E-state index contributed by atoms with van der Waals surface area (Å²) in [6.45, 7) is 3.79. The highest BCUT2D eigenvalue weighted by atomic mass is 31.2. The van der Waals surface area contributed by atoms with Crippen molar-refractivity contribution in [1.29, 1.82) is 0 Å². The van der Waals surface area contributed by atoms with E-state index in [0.29, 0.717) is 13.0 Å². The number of hydrogen-bond acceptors (Lipinski definition) is 8. The maximum atomic E-state index is 12.7. The lowest BCUT2D eigenvalue weighted by Crippen LogP contribution is -2.34. The molecular weight excluding hydrogens is 802 g/mol. The van der Waals surface area contributed by atoms with Crippen molar-refractivity contribution < 1.29 is 42.7 Å². The van der Waals surface area contributed by atoms with Crippen molar-refractivity contribution in [2.45, 2.75) is 238 Å². The van der Waals surface area contributed by atoms with E-state index in [4.69, 9.17) is 29.4 Å². The van der Waals surface area contributed by atoms with Gasteiger partial charge >= 0.3 is 19.8 Å². The lowest BCUT2D eigenvalue weighted by Gasteiger charge is -2.20. The summed E-state index contributed by atoms with van der Waals surface area (Å²) in [7, 11) is -4.62. The van der Waals surface area contributed by atoms with Crippen molar-refractivity contribution in [2.24, 2.45) is 5.73 Å². The summed E-state index contributed by atoms with van der Waals surface area (Å²) in [5.74, 6) is -1.77. The summed E-state index contributed by atoms with van der Waals surface area (Å²) >= 11 is 0. The van der Waals surface area contributed by atoms with Gasteiger partial charge in [-0.15, -0.1) is 0 Å². The molecule has 0 aliphatic rings. The van der Waals surface area contributed by atoms with E-state index < -0.39 is 45.1 Å². The Morgan fingerprint density at radius 2 is 0.935 bits per heavy atom. The molecule has 0 aromatic heterocycles. The third-order valence-corrected chi connectivity index (χ3v) is 11.8. The van der Waals surface area contributed by atoms with Gasteiger partial charge in [-0.25, -0.2) is 4.57 Å². The van der Waals surface area contributed by atoms with Gasteiger partial charge in [0.2, 0.25) is 0 Å². The zero-order valence-electron chi connectivity index (χ0n) is 39.7. The van der Waals surface area contributed by atoms with E-state index in [2.05, 4.69) is 62.5 Å². The average molecular weight is 896 g/mol. The number of hydrogen-bond donors (Lipinski definition) is 3. The molecule has 0 heterocycles. The molecule has 0 spiro atoms. The molecule has 3 unspecified atom stereocenters. The van der Waals surface area contributed by atoms with Gasteiger partial charge in [0, 0.05) is 13.0 Å². The Kier molecular flexibility index (Phi) is 45.3. The topological polar surface area (TPSA) is 155 Å². The fourth-order valence-corrected chi connectivity index (χ4v) is 7.79. The number of carbonyl (C=O) groups excluding carboxylic acids is 1. The second-order valence-corrected chi connectivity index (χ2v) is 18.4. The number of esters is 1. The van der Waals surface area contributed by atoms with Crippen molar-refractivity contribution in [3.05, 3.63) is 48.6 Å². The van der Waals surface area contributed by atoms with E-state index in [-0.39, 0.29) is 13.0 Å². The van der Waals surface area contributed by atoms with Crippen LogP contribution in [-0.2, 0) is 32.7 Å². The monoisotopic (exact) mass is 896 g/mol. The van der Waals surface area contributed by atoms with Crippen LogP contribution in [0.5, 0.6) is 0 Å². The molecule has 0 saturated heterocycles. The maximum Gasteiger partial charge on any atom is 0.472 e. The van der Waals surface area contributed by atoms with Crippen molar-refractivity contribution >= 4 is 19.8 Å². The molecule has 62 heavy (non-hydrogen) atoms. The molecule has 10 nitrogen and oxygen atoms in total. The number of carboxylic acids is 1. The molecule has 0 fully saturated rings. The number of carboxylic acid groups (broad SMARTS) is 1. The number of phosphoric ester groups is 1. The van der Waals surface area contributed by atoms with Gasteiger partial charge < -0.3 is 25.2 Å².